The maximum atomic E-state index is 12.3. The number of thioether (sulfide) groups is 1. The molecular formula is C13H14BrClN2O3S. The molecule has 1 aromatic rings. The van der Waals surface area contributed by atoms with Crippen LogP contribution in [0.5, 0.6) is 0 Å². The number of carbonyl (C=O) groups excluding carboxylic acids is 1. The summed E-state index contributed by atoms with van der Waals surface area (Å²) < 4.78 is 0.823. The number of rotatable bonds is 3. The minimum Gasteiger partial charge on any atom is -0.481 e. The van der Waals surface area contributed by atoms with Crippen molar-refractivity contribution in [2.24, 2.45) is 0 Å². The maximum absolute atomic E-state index is 12.3. The summed E-state index contributed by atoms with van der Waals surface area (Å²) in [4.78, 5) is 24.8. The fourth-order valence-electron chi connectivity index (χ4n) is 2.07. The molecule has 114 valence electrons. The lowest BCUT2D eigenvalue weighted by atomic mass is 10.2. The molecule has 0 bridgehead atoms. The third kappa shape index (κ3) is 4.52. The molecule has 1 fully saturated rings. The zero-order valence-corrected chi connectivity index (χ0v) is 14.2. The zero-order chi connectivity index (χ0) is 15.4. The molecule has 1 atom stereocenters. The number of amides is 2. The summed E-state index contributed by atoms with van der Waals surface area (Å²) in [5.74, 6) is 0.535. The van der Waals surface area contributed by atoms with Crippen molar-refractivity contribution in [2.45, 2.75) is 12.5 Å². The highest BCUT2D eigenvalue weighted by Gasteiger charge is 2.29. The van der Waals surface area contributed by atoms with Crippen LogP contribution in [0.4, 0.5) is 10.5 Å². The summed E-state index contributed by atoms with van der Waals surface area (Å²) in [6, 6.07) is 4.57. The van der Waals surface area contributed by atoms with Crippen LogP contribution in [0.3, 0.4) is 0 Å². The number of aliphatic carboxylic acids is 1. The van der Waals surface area contributed by atoms with Crippen molar-refractivity contribution in [1.82, 2.24) is 4.90 Å². The molecule has 2 amide bonds. The highest BCUT2D eigenvalue weighted by atomic mass is 79.9. The van der Waals surface area contributed by atoms with Crippen LogP contribution < -0.4 is 5.32 Å². The Morgan fingerprint density at radius 1 is 1.52 bits per heavy atom. The SMILES string of the molecule is O=C(O)CC1CSCCN1C(=O)Nc1ccc(Br)cc1Cl. The van der Waals surface area contributed by atoms with Crippen LogP contribution >= 0.6 is 39.3 Å². The van der Waals surface area contributed by atoms with Crippen LogP contribution in [-0.4, -0.2) is 46.1 Å². The number of benzene rings is 1. The van der Waals surface area contributed by atoms with E-state index < -0.39 is 5.97 Å². The molecule has 21 heavy (non-hydrogen) atoms. The van der Waals surface area contributed by atoms with Gasteiger partial charge in [0.1, 0.15) is 0 Å². The Kier molecular flexibility index (Phi) is 5.78. The van der Waals surface area contributed by atoms with Crippen molar-refractivity contribution in [1.29, 1.82) is 0 Å². The van der Waals surface area contributed by atoms with Crippen molar-refractivity contribution < 1.29 is 14.7 Å². The van der Waals surface area contributed by atoms with Gasteiger partial charge in [0.15, 0.2) is 0 Å². The largest absolute Gasteiger partial charge is 0.481 e. The van der Waals surface area contributed by atoms with Gasteiger partial charge in [-0.05, 0) is 18.2 Å². The van der Waals surface area contributed by atoms with Crippen LogP contribution in [0.25, 0.3) is 0 Å². The molecule has 0 aliphatic carbocycles. The van der Waals surface area contributed by atoms with Crippen LogP contribution in [0, 0.1) is 0 Å². The van der Waals surface area contributed by atoms with Gasteiger partial charge in [-0.2, -0.15) is 11.8 Å². The van der Waals surface area contributed by atoms with Crippen LogP contribution in [0.2, 0.25) is 5.02 Å². The number of anilines is 1. The summed E-state index contributed by atoms with van der Waals surface area (Å²) >= 11 is 11.0. The molecule has 5 nitrogen and oxygen atoms in total. The van der Waals surface area contributed by atoms with E-state index in [1.807, 2.05) is 0 Å². The smallest absolute Gasteiger partial charge is 0.322 e. The van der Waals surface area contributed by atoms with Crippen molar-refractivity contribution in [3.05, 3.63) is 27.7 Å². The van der Waals surface area contributed by atoms with Gasteiger partial charge in [-0.1, -0.05) is 27.5 Å². The third-order valence-corrected chi connectivity index (χ3v) is 4.97. The molecule has 0 spiro atoms. The van der Waals surface area contributed by atoms with Gasteiger partial charge in [0.2, 0.25) is 0 Å². The molecule has 1 aliphatic heterocycles. The standard InChI is InChI=1S/C13H14BrClN2O3S/c14-8-1-2-11(10(15)5-8)16-13(20)17-3-4-21-7-9(17)6-12(18)19/h1-2,5,9H,3-4,6-7H2,(H,16,20)(H,18,19). The van der Waals surface area contributed by atoms with E-state index in [-0.39, 0.29) is 18.5 Å². The lowest BCUT2D eigenvalue weighted by Crippen LogP contribution is -2.48. The second-order valence-electron chi connectivity index (χ2n) is 4.57. The van der Waals surface area contributed by atoms with E-state index in [2.05, 4.69) is 21.2 Å². The van der Waals surface area contributed by atoms with E-state index in [0.717, 1.165) is 10.2 Å². The van der Waals surface area contributed by atoms with Crippen molar-refractivity contribution in [3.8, 4) is 0 Å². The van der Waals surface area contributed by atoms with E-state index in [1.165, 1.54) is 0 Å². The Morgan fingerprint density at radius 3 is 2.95 bits per heavy atom. The monoisotopic (exact) mass is 392 g/mol. The van der Waals surface area contributed by atoms with Crippen molar-refractivity contribution in [3.63, 3.8) is 0 Å². The maximum Gasteiger partial charge on any atom is 0.322 e. The van der Waals surface area contributed by atoms with Gasteiger partial charge in [0.25, 0.3) is 0 Å². The van der Waals surface area contributed by atoms with Gasteiger partial charge < -0.3 is 15.3 Å². The Morgan fingerprint density at radius 2 is 2.29 bits per heavy atom. The van der Waals surface area contributed by atoms with Gasteiger partial charge in [-0.3, -0.25) is 4.79 Å². The van der Waals surface area contributed by atoms with Crippen molar-refractivity contribution >= 4 is 57.0 Å². The fraction of sp³-hybridized carbons (Fsp3) is 0.385. The molecule has 1 heterocycles. The Labute approximate surface area is 140 Å². The first-order valence-corrected chi connectivity index (χ1v) is 8.62. The number of nitrogens with zero attached hydrogens (tertiary/aromatic N) is 1. The van der Waals surface area contributed by atoms with Gasteiger partial charge in [0.05, 0.1) is 23.2 Å². The van der Waals surface area contributed by atoms with E-state index >= 15 is 0 Å². The van der Waals surface area contributed by atoms with Crippen LogP contribution in [0.1, 0.15) is 6.42 Å². The molecule has 0 aromatic heterocycles. The van der Waals surface area contributed by atoms with Gasteiger partial charge in [-0.25, -0.2) is 4.79 Å². The molecule has 1 aliphatic rings. The molecular weight excluding hydrogens is 380 g/mol. The molecule has 0 saturated carbocycles. The molecule has 2 N–H and O–H groups in total. The highest BCUT2D eigenvalue weighted by molar-refractivity contribution is 9.10. The van der Waals surface area contributed by atoms with Gasteiger partial charge in [0, 0.05) is 22.5 Å². The van der Waals surface area contributed by atoms with E-state index in [9.17, 15) is 9.59 Å². The first-order chi connectivity index (χ1) is 9.97. The molecule has 1 aromatic carbocycles. The third-order valence-electron chi connectivity index (χ3n) is 3.07. The average Bonchev–Trinajstić information content (AvgIpc) is 2.42. The minimum absolute atomic E-state index is 0.0471. The van der Waals surface area contributed by atoms with Crippen LogP contribution in [-0.2, 0) is 4.79 Å². The van der Waals surface area contributed by atoms with E-state index in [1.54, 1.807) is 34.9 Å². The predicted octanol–water partition coefficient (Wildman–Crippen LogP) is 3.53. The molecule has 8 heteroatoms. The second kappa shape index (κ2) is 7.38. The number of halogens is 2. The number of hydrogen-bond donors (Lipinski definition) is 2. The summed E-state index contributed by atoms with van der Waals surface area (Å²) in [5, 5.41) is 12.1. The molecule has 0 radical (unpaired) electrons. The summed E-state index contributed by atoms with van der Waals surface area (Å²) in [5.41, 5.74) is 0.511. The van der Waals surface area contributed by atoms with Crippen molar-refractivity contribution in [2.75, 3.05) is 23.4 Å². The molecule has 1 saturated heterocycles. The van der Waals surface area contributed by atoms with E-state index in [4.69, 9.17) is 16.7 Å². The first-order valence-electron chi connectivity index (χ1n) is 6.29. The Hall–Kier alpha value is -0.920. The normalized spacial score (nSPS) is 18.4. The average molecular weight is 394 g/mol. The predicted molar refractivity (Wildman–Crippen MR) is 88.2 cm³/mol. The second-order valence-corrected chi connectivity index (χ2v) is 7.05. The summed E-state index contributed by atoms with van der Waals surface area (Å²) in [7, 11) is 0. The Balaban J connectivity index is 2.08. The fourth-order valence-corrected chi connectivity index (χ4v) is 3.85. The number of carboxylic acids is 1. The minimum atomic E-state index is -0.901. The zero-order valence-electron chi connectivity index (χ0n) is 11.0. The Bertz CT molecular complexity index is 558. The number of nitrogens with one attached hydrogen (secondary N) is 1. The topological polar surface area (TPSA) is 69.6 Å². The number of urea groups is 1. The lowest BCUT2D eigenvalue weighted by molar-refractivity contribution is -0.137. The number of carboxylic acid groups (broad SMARTS) is 1. The number of hydrogen-bond acceptors (Lipinski definition) is 3. The van der Waals surface area contributed by atoms with Crippen LogP contribution in [0.15, 0.2) is 22.7 Å². The van der Waals surface area contributed by atoms with E-state index in [0.29, 0.717) is 23.0 Å². The quantitative estimate of drug-likeness (QED) is 0.824. The van der Waals surface area contributed by atoms with Gasteiger partial charge >= 0.3 is 12.0 Å². The number of carbonyl (C=O) groups is 2. The highest BCUT2D eigenvalue weighted by Crippen LogP contribution is 2.27. The van der Waals surface area contributed by atoms with Gasteiger partial charge in [-0.15, -0.1) is 0 Å². The summed E-state index contributed by atoms with van der Waals surface area (Å²) in [6.45, 7) is 0.530. The molecule has 2 rings (SSSR count). The summed E-state index contributed by atoms with van der Waals surface area (Å²) in [6.07, 6.45) is -0.0471. The molecule has 1 unspecified atom stereocenters. The first kappa shape index (κ1) is 16.5. The lowest BCUT2D eigenvalue weighted by Gasteiger charge is -2.34.